The van der Waals surface area contributed by atoms with E-state index in [1.54, 1.807) is 17.5 Å². The molecule has 0 fully saturated rings. The molecule has 2 aromatic heterocycles. The number of hydrogen-bond donors (Lipinski definition) is 0. The second kappa shape index (κ2) is 8.15. The predicted octanol–water partition coefficient (Wildman–Crippen LogP) is 4.71. The van der Waals surface area contributed by atoms with Gasteiger partial charge in [-0.1, -0.05) is 35.5 Å². The molecular formula is C21H20N2O2S2. The highest BCUT2D eigenvalue weighted by atomic mass is 32.2. The Bertz CT molecular complexity index is 913. The number of carbonyl (C=O) groups is 1. The van der Waals surface area contributed by atoms with E-state index in [1.165, 1.54) is 17.3 Å². The van der Waals surface area contributed by atoms with Crippen molar-refractivity contribution < 1.29 is 9.53 Å². The Morgan fingerprint density at radius 3 is 3.04 bits per heavy atom. The number of benzene rings is 1. The largest absolute Gasteiger partial charge is 0.483 e. The van der Waals surface area contributed by atoms with Gasteiger partial charge in [-0.2, -0.15) is 11.3 Å². The molecule has 1 aliphatic rings. The second-order valence-corrected chi connectivity index (χ2v) is 8.28. The molecule has 0 radical (unpaired) electrons. The number of aromatic nitrogens is 1. The van der Waals surface area contributed by atoms with Crippen molar-refractivity contribution in [2.24, 2.45) is 0 Å². The van der Waals surface area contributed by atoms with E-state index in [1.807, 2.05) is 34.5 Å². The SMILES string of the molecule is Cc1ccc2c(c1)CN(C(=O)CSc1ccccn1)CC(c1ccsc1)O2. The van der Waals surface area contributed by atoms with Crippen molar-refractivity contribution in [2.75, 3.05) is 12.3 Å². The molecule has 3 aromatic rings. The van der Waals surface area contributed by atoms with E-state index in [0.29, 0.717) is 18.8 Å². The summed E-state index contributed by atoms with van der Waals surface area (Å²) in [7, 11) is 0. The van der Waals surface area contributed by atoms with Crippen LogP contribution in [0.15, 0.2) is 64.4 Å². The number of aryl methyl sites for hydroxylation is 1. The molecule has 0 N–H and O–H groups in total. The van der Waals surface area contributed by atoms with Gasteiger partial charge >= 0.3 is 0 Å². The zero-order valence-electron chi connectivity index (χ0n) is 15.0. The van der Waals surface area contributed by atoms with Crippen LogP contribution in [-0.4, -0.2) is 28.1 Å². The van der Waals surface area contributed by atoms with Gasteiger partial charge in [0.2, 0.25) is 5.91 Å². The standard InChI is InChI=1S/C21H20N2O2S2/c1-15-5-6-18-17(10-15)11-23(12-19(25-18)16-7-9-26-13-16)21(24)14-27-20-4-2-3-8-22-20/h2-10,13,19H,11-12,14H2,1H3. The predicted molar refractivity (Wildman–Crippen MR) is 109 cm³/mol. The summed E-state index contributed by atoms with van der Waals surface area (Å²) in [6, 6.07) is 14.0. The Balaban J connectivity index is 1.56. The van der Waals surface area contributed by atoms with Crippen molar-refractivity contribution in [1.29, 1.82) is 0 Å². The Hall–Kier alpha value is -2.31. The molecule has 1 atom stereocenters. The number of thioether (sulfide) groups is 1. The second-order valence-electron chi connectivity index (χ2n) is 6.51. The zero-order valence-corrected chi connectivity index (χ0v) is 16.6. The Labute approximate surface area is 167 Å². The van der Waals surface area contributed by atoms with Crippen LogP contribution in [0.25, 0.3) is 0 Å². The molecule has 27 heavy (non-hydrogen) atoms. The molecule has 0 spiro atoms. The highest BCUT2D eigenvalue weighted by molar-refractivity contribution is 7.99. The van der Waals surface area contributed by atoms with E-state index in [-0.39, 0.29) is 12.0 Å². The topological polar surface area (TPSA) is 42.4 Å². The lowest BCUT2D eigenvalue weighted by Crippen LogP contribution is -2.35. The van der Waals surface area contributed by atoms with Crippen molar-refractivity contribution in [1.82, 2.24) is 9.88 Å². The normalized spacial score (nSPS) is 16.3. The molecule has 0 bridgehead atoms. The first-order valence-electron chi connectivity index (χ1n) is 8.79. The molecule has 6 heteroatoms. The maximum Gasteiger partial charge on any atom is 0.233 e. The summed E-state index contributed by atoms with van der Waals surface area (Å²) in [5.74, 6) is 1.34. The van der Waals surface area contributed by atoms with Crippen LogP contribution in [0.5, 0.6) is 5.75 Å². The Kier molecular flexibility index (Phi) is 5.45. The molecule has 0 aliphatic carbocycles. The van der Waals surface area contributed by atoms with E-state index < -0.39 is 0 Å². The highest BCUT2D eigenvalue weighted by Crippen LogP contribution is 2.33. The van der Waals surface area contributed by atoms with E-state index in [4.69, 9.17) is 4.74 Å². The molecule has 0 saturated heterocycles. The van der Waals surface area contributed by atoms with Gasteiger partial charge in [0.1, 0.15) is 11.9 Å². The van der Waals surface area contributed by atoms with Crippen molar-refractivity contribution in [3.05, 3.63) is 76.1 Å². The van der Waals surface area contributed by atoms with Gasteiger partial charge in [-0.05, 0) is 41.9 Å². The van der Waals surface area contributed by atoms with Gasteiger partial charge in [-0.25, -0.2) is 4.98 Å². The third-order valence-corrected chi connectivity index (χ3v) is 6.11. The first-order valence-corrected chi connectivity index (χ1v) is 10.7. The number of fused-ring (bicyclic) bond motifs is 1. The molecular weight excluding hydrogens is 376 g/mol. The third kappa shape index (κ3) is 4.34. The fraction of sp³-hybridized carbons (Fsp3) is 0.238. The smallest absolute Gasteiger partial charge is 0.233 e. The van der Waals surface area contributed by atoms with Gasteiger partial charge in [0.05, 0.1) is 17.3 Å². The fourth-order valence-corrected chi connectivity index (χ4v) is 4.55. The monoisotopic (exact) mass is 396 g/mol. The van der Waals surface area contributed by atoms with Crippen LogP contribution in [0.3, 0.4) is 0 Å². The summed E-state index contributed by atoms with van der Waals surface area (Å²) in [6.07, 6.45) is 1.60. The van der Waals surface area contributed by atoms with Crippen LogP contribution < -0.4 is 4.74 Å². The average molecular weight is 397 g/mol. The summed E-state index contributed by atoms with van der Waals surface area (Å²) in [4.78, 5) is 19.2. The molecule has 0 saturated carbocycles. The lowest BCUT2D eigenvalue weighted by molar-refractivity contribution is -0.129. The number of nitrogens with zero attached hydrogens (tertiary/aromatic N) is 2. The van der Waals surface area contributed by atoms with E-state index >= 15 is 0 Å². The van der Waals surface area contributed by atoms with Crippen molar-refractivity contribution in [2.45, 2.75) is 24.6 Å². The van der Waals surface area contributed by atoms with Crippen molar-refractivity contribution >= 4 is 29.0 Å². The Morgan fingerprint density at radius 1 is 1.33 bits per heavy atom. The molecule has 138 valence electrons. The first-order chi connectivity index (χ1) is 13.2. The molecule has 1 aromatic carbocycles. The first kappa shape index (κ1) is 18.1. The minimum Gasteiger partial charge on any atom is -0.483 e. The van der Waals surface area contributed by atoms with Gasteiger partial charge in [0.25, 0.3) is 0 Å². The van der Waals surface area contributed by atoms with Crippen molar-refractivity contribution in [3.8, 4) is 5.75 Å². The van der Waals surface area contributed by atoms with Crippen LogP contribution in [0, 0.1) is 6.92 Å². The summed E-state index contributed by atoms with van der Waals surface area (Å²) < 4.78 is 6.29. The highest BCUT2D eigenvalue weighted by Gasteiger charge is 2.27. The zero-order chi connectivity index (χ0) is 18.6. The van der Waals surface area contributed by atoms with Crippen LogP contribution in [0.1, 0.15) is 22.8 Å². The number of carbonyl (C=O) groups excluding carboxylic acids is 1. The van der Waals surface area contributed by atoms with Crippen LogP contribution in [-0.2, 0) is 11.3 Å². The van der Waals surface area contributed by atoms with Gasteiger partial charge < -0.3 is 9.64 Å². The maximum absolute atomic E-state index is 13.0. The van der Waals surface area contributed by atoms with Crippen LogP contribution in [0.2, 0.25) is 0 Å². The molecule has 1 amide bonds. The van der Waals surface area contributed by atoms with E-state index in [9.17, 15) is 4.79 Å². The van der Waals surface area contributed by atoms with Crippen LogP contribution in [0.4, 0.5) is 0 Å². The molecule has 4 nitrogen and oxygen atoms in total. The number of hydrogen-bond acceptors (Lipinski definition) is 5. The summed E-state index contributed by atoms with van der Waals surface area (Å²) >= 11 is 3.12. The fourth-order valence-electron chi connectivity index (χ4n) is 3.09. The average Bonchev–Trinajstić information content (AvgIpc) is 3.15. The quantitative estimate of drug-likeness (QED) is 0.599. The number of rotatable bonds is 4. The minimum absolute atomic E-state index is 0.101. The number of thiophene rings is 1. The van der Waals surface area contributed by atoms with E-state index in [0.717, 1.165) is 21.9 Å². The minimum atomic E-state index is -0.149. The summed E-state index contributed by atoms with van der Waals surface area (Å²) in [5, 5.41) is 5.00. The molecule has 1 aliphatic heterocycles. The number of amides is 1. The number of pyridine rings is 1. The van der Waals surface area contributed by atoms with Gasteiger partial charge in [-0.15, -0.1) is 0 Å². The molecule has 1 unspecified atom stereocenters. The Morgan fingerprint density at radius 2 is 2.26 bits per heavy atom. The van der Waals surface area contributed by atoms with Gasteiger partial charge in [-0.3, -0.25) is 4.79 Å². The molecule has 3 heterocycles. The summed E-state index contributed by atoms with van der Waals surface area (Å²) in [6.45, 7) is 3.18. The third-order valence-electron chi connectivity index (χ3n) is 4.48. The number of ether oxygens (including phenoxy) is 1. The lowest BCUT2D eigenvalue weighted by Gasteiger charge is -2.23. The molecule has 4 rings (SSSR count). The van der Waals surface area contributed by atoms with Crippen LogP contribution >= 0.6 is 23.1 Å². The van der Waals surface area contributed by atoms with Gasteiger partial charge in [0, 0.05) is 23.9 Å². The maximum atomic E-state index is 13.0. The van der Waals surface area contributed by atoms with Crippen molar-refractivity contribution in [3.63, 3.8) is 0 Å². The lowest BCUT2D eigenvalue weighted by atomic mass is 10.1. The van der Waals surface area contributed by atoms with E-state index in [2.05, 4.69) is 35.5 Å². The summed E-state index contributed by atoms with van der Waals surface area (Å²) in [5.41, 5.74) is 3.34. The van der Waals surface area contributed by atoms with Gasteiger partial charge in [0.15, 0.2) is 0 Å².